The summed E-state index contributed by atoms with van der Waals surface area (Å²) in [6.45, 7) is -0.455. The van der Waals surface area contributed by atoms with Crippen molar-refractivity contribution in [3.8, 4) is 5.75 Å². The second-order valence-corrected chi connectivity index (χ2v) is 14.0. The van der Waals surface area contributed by atoms with Gasteiger partial charge in [0.1, 0.15) is 18.3 Å². The van der Waals surface area contributed by atoms with Crippen LogP contribution in [0, 0.1) is 0 Å². The first-order valence-electron chi connectivity index (χ1n) is 14.2. The maximum Gasteiger partial charge on any atom is 0.244 e. The zero-order chi connectivity index (χ0) is 31.0. The molecule has 3 aromatic carbocycles. The number of amides is 2. The number of nitrogens with zero attached hydrogens (tertiary/aromatic N) is 2. The number of sulfonamides is 1. The maximum atomic E-state index is 14.3. The Morgan fingerprint density at radius 1 is 1.00 bits per heavy atom. The summed E-state index contributed by atoms with van der Waals surface area (Å²) in [5.41, 5.74) is 1.81. The van der Waals surface area contributed by atoms with Gasteiger partial charge in [-0.25, -0.2) is 8.42 Å². The fraction of sp³-hybridized carbons (Fsp3) is 0.375. The molecule has 1 saturated carbocycles. The van der Waals surface area contributed by atoms with E-state index in [-0.39, 0.29) is 41.4 Å². The van der Waals surface area contributed by atoms with Gasteiger partial charge in [0.05, 0.1) is 19.1 Å². The molecule has 0 heterocycles. The Morgan fingerprint density at radius 3 is 2.35 bits per heavy atom. The first-order valence-corrected chi connectivity index (χ1v) is 17.3. The fourth-order valence-corrected chi connectivity index (χ4v) is 6.84. The van der Waals surface area contributed by atoms with Gasteiger partial charge in [-0.15, -0.1) is 0 Å². The Kier molecular flexibility index (Phi) is 11.5. The molecule has 1 N–H and O–H groups in total. The van der Waals surface area contributed by atoms with Gasteiger partial charge in [0.15, 0.2) is 0 Å². The zero-order valence-electron chi connectivity index (χ0n) is 24.3. The number of anilines is 1. The van der Waals surface area contributed by atoms with E-state index in [0.717, 1.165) is 58.3 Å². The Bertz CT molecular complexity index is 1520. The molecule has 11 heteroatoms. The van der Waals surface area contributed by atoms with E-state index >= 15 is 0 Å². The molecular formula is C32H37BrClN3O5S. The second-order valence-electron chi connectivity index (χ2n) is 10.8. The van der Waals surface area contributed by atoms with Crippen LogP contribution in [0.3, 0.4) is 0 Å². The number of carbonyl (C=O) groups is 2. The van der Waals surface area contributed by atoms with Crippen LogP contribution in [-0.2, 0) is 32.6 Å². The first-order chi connectivity index (χ1) is 20.5. The smallest absolute Gasteiger partial charge is 0.244 e. The summed E-state index contributed by atoms with van der Waals surface area (Å²) in [6.07, 6.45) is 6.29. The number of halogens is 2. The number of benzene rings is 3. The molecule has 0 unspecified atom stereocenters. The third kappa shape index (κ3) is 9.20. The minimum atomic E-state index is -3.96. The highest BCUT2D eigenvalue weighted by Crippen LogP contribution is 2.33. The molecule has 1 atom stereocenters. The number of ether oxygens (including phenoxy) is 1. The number of methoxy groups -OCH3 is 1. The van der Waals surface area contributed by atoms with Crippen molar-refractivity contribution in [3.63, 3.8) is 0 Å². The van der Waals surface area contributed by atoms with Gasteiger partial charge in [-0.3, -0.25) is 13.9 Å². The van der Waals surface area contributed by atoms with Gasteiger partial charge < -0.3 is 15.0 Å². The molecule has 43 heavy (non-hydrogen) atoms. The van der Waals surface area contributed by atoms with Crippen LogP contribution in [-0.4, -0.2) is 57.1 Å². The molecule has 0 bridgehead atoms. The van der Waals surface area contributed by atoms with E-state index in [2.05, 4.69) is 21.2 Å². The van der Waals surface area contributed by atoms with Crippen LogP contribution in [0.2, 0.25) is 5.02 Å². The maximum absolute atomic E-state index is 14.3. The molecule has 2 amide bonds. The van der Waals surface area contributed by atoms with Crippen molar-refractivity contribution in [2.75, 3.05) is 24.2 Å². The fourth-order valence-electron chi connectivity index (χ4n) is 5.38. The summed E-state index contributed by atoms with van der Waals surface area (Å²) >= 11 is 9.73. The number of nitrogens with one attached hydrogen (secondary N) is 1. The molecule has 8 nitrogen and oxygen atoms in total. The first kappa shape index (κ1) is 32.8. The summed E-state index contributed by atoms with van der Waals surface area (Å²) in [4.78, 5) is 29.9. The molecule has 230 valence electrons. The van der Waals surface area contributed by atoms with Crippen LogP contribution < -0.4 is 14.4 Å². The number of hydrogen-bond donors (Lipinski definition) is 1. The predicted molar refractivity (Wildman–Crippen MR) is 174 cm³/mol. The summed E-state index contributed by atoms with van der Waals surface area (Å²) in [6, 6.07) is 20.7. The molecular weight excluding hydrogens is 654 g/mol. The van der Waals surface area contributed by atoms with Crippen molar-refractivity contribution in [2.45, 2.75) is 57.2 Å². The average Bonchev–Trinajstić information content (AvgIpc) is 2.98. The van der Waals surface area contributed by atoms with Gasteiger partial charge in [-0.2, -0.15) is 0 Å². The van der Waals surface area contributed by atoms with Crippen molar-refractivity contribution < 1.29 is 22.7 Å². The Morgan fingerprint density at radius 2 is 1.70 bits per heavy atom. The Hall–Kier alpha value is -3.08. The summed E-state index contributed by atoms with van der Waals surface area (Å²) in [7, 11) is -2.55. The van der Waals surface area contributed by atoms with Gasteiger partial charge in [0, 0.05) is 28.5 Å². The van der Waals surface area contributed by atoms with E-state index in [1.807, 2.05) is 54.6 Å². The molecule has 1 aliphatic carbocycles. The van der Waals surface area contributed by atoms with Crippen LogP contribution in [0.1, 0.15) is 43.2 Å². The molecule has 0 spiro atoms. The number of rotatable bonds is 12. The second kappa shape index (κ2) is 15.1. The average molecular weight is 691 g/mol. The Balaban J connectivity index is 1.75. The summed E-state index contributed by atoms with van der Waals surface area (Å²) in [5.74, 6) is -0.547. The molecule has 0 aliphatic heterocycles. The highest BCUT2D eigenvalue weighted by atomic mass is 79.9. The van der Waals surface area contributed by atoms with Crippen molar-refractivity contribution in [1.29, 1.82) is 0 Å². The number of hydrogen-bond acceptors (Lipinski definition) is 5. The SMILES string of the molecule is COc1ccc(Cl)cc1N(CC(=O)N(Cc1cccc(Br)c1)[C@H](Cc1ccccc1)C(=O)NC1CCCCC1)S(C)(=O)=O. The molecule has 0 saturated heterocycles. The summed E-state index contributed by atoms with van der Waals surface area (Å²) < 4.78 is 33.4. The molecule has 1 aliphatic rings. The quantitative estimate of drug-likeness (QED) is 0.253. The van der Waals surface area contributed by atoms with Crippen molar-refractivity contribution in [3.05, 3.63) is 93.4 Å². The third-order valence-corrected chi connectivity index (χ3v) is 9.41. The van der Waals surface area contributed by atoms with Crippen molar-refractivity contribution >= 4 is 55.1 Å². The lowest BCUT2D eigenvalue weighted by atomic mass is 9.94. The van der Waals surface area contributed by atoms with E-state index in [1.54, 1.807) is 12.1 Å². The lowest BCUT2D eigenvalue weighted by Gasteiger charge is -2.35. The van der Waals surface area contributed by atoms with E-state index in [4.69, 9.17) is 16.3 Å². The normalized spacial score (nSPS) is 14.5. The number of carbonyl (C=O) groups excluding carboxylic acids is 2. The summed E-state index contributed by atoms with van der Waals surface area (Å²) in [5, 5.41) is 3.49. The minimum absolute atomic E-state index is 0.0329. The monoisotopic (exact) mass is 689 g/mol. The molecule has 4 rings (SSSR count). The minimum Gasteiger partial charge on any atom is -0.495 e. The van der Waals surface area contributed by atoms with E-state index in [1.165, 1.54) is 18.1 Å². The third-order valence-electron chi connectivity index (χ3n) is 7.55. The molecule has 0 aromatic heterocycles. The molecule has 1 fully saturated rings. The van der Waals surface area contributed by atoms with Crippen LogP contribution in [0.4, 0.5) is 5.69 Å². The van der Waals surface area contributed by atoms with Crippen LogP contribution >= 0.6 is 27.5 Å². The van der Waals surface area contributed by atoms with Crippen LogP contribution in [0.5, 0.6) is 5.75 Å². The highest BCUT2D eigenvalue weighted by molar-refractivity contribution is 9.10. The lowest BCUT2D eigenvalue weighted by Crippen LogP contribution is -2.55. The largest absolute Gasteiger partial charge is 0.495 e. The van der Waals surface area contributed by atoms with Gasteiger partial charge in [-0.05, 0) is 54.3 Å². The van der Waals surface area contributed by atoms with E-state index < -0.39 is 28.5 Å². The topological polar surface area (TPSA) is 96.0 Å². The van der Waals surface area contributed by atoms with Gasteiger partial charge >= 0.3 is 0 Å². The lowest BCUT2D eigenvalue weighted by molar-refractivity contribution is -0.140. The van der Waals surface area contributed by atoms with Gasteiger partial charge in [-0.1, -0.05) is 89.3 Å². The zero-order valence-corrected chi connectivity index (χ0v) is 27.5. The van der Waals surface area contributed by atoms with Crippen molar-refractivity contribution in [2.24, 2.45) is 0 Å². The van der Waals surface area contributed by atoms with Gasteiger partial charge in [0.25, 0.3) is 0 Å². The predicted octanol–water partition coefficient (Wildman–Crippen LogP) is 5.97. The van der Waals surface area contributed by atoms with Crippen molar-refractivity contribution in [1.82, 2.24) is 10.2 Å². The van der Waals surface area contributed by atoms with Gasteiger partial charge in [0.2, 0.25) is 21.8 Å². The van der Waals surface area contributed by atoms with E-state index in [9.17, 15) is 18.0 Å². The Labute approximate surface area is 267 Å². The molecule has 0 radical (unpaired) electrons. The highest BCUT2D eigenvalue weighted by Gasteiger charge is 2.34. The van der Waals surface area contributed by atoms with E-state index in [0.29, 0.717) is 0 Å². The van der Waals surface area contributed by atoms with Crippen LogP contribution in [0.15, 0.2) is 77.3 Å². The standard InChI is InChI=1S/C32H37BrClN3O5S/c1-42-30-17-16-26(34)20-28(30)37(43(2,40)41)22-31(38)36(21-24-12-9-13-25(33)18-24)29(19-23-10-5-3-6-11-23)32(39)35-27-14-7-4-8-15-27/h3,5-6,9-13,16-18,20,27,29H,4,7-8,14-15,19,21-22H2,1-2H3,(H,35,39)/t29-/m1/s1. The molecule has 3 aromatic rings. The van der Waals surface area contributed by atoms with Crippen LogP contribution in [0.25, 0.3) is 0 Å².